The van der Waals surface area contributed by atoms with Crippen molar-refractivity contribution >= 4 is 5.95 Å². The van der Waals surface area contributed by atoms with Crippen molar-refractivity contribution in [3.8, 4) is 0 Å². The quantitative estimate of drug-likeness (QED) is 0.763. The highest BCUT2D eigenvalue weighted by Gasteiger charge is 2.02. The minimum absolute atomic E-state index is 0.647. The van der Waals surface area contributed by atoms with Crippen LogP contribution >= 0.6 is 0 Å². The van der Waals surface area contributed by atoms with E-state index in [9.17, 15) is 0 Å². The normalized spacial score (nSPS) is 10.3. The molecule has 0 radical (unpaired) electrons. The molecule has 0 aliphatic heterocycles. The maximum Gasteiger partial charge on any atom is 0.224 e. The average molecular weight is 208 g/mol. The lowest BCUT2D eigenvalue weighted by atomic mass is 10.2. The molecule has 0 spiro atoms. The van der Waals surface area contributed by atoms with Gasteiger partial charge in [0.2, 0.25) is 5.95 Å². The zero-order chi connectivity index (χ0) is 11.1. The molecule has 0 fully saturated rings. The van der Waals surface area contributed by atoms with Gasteiger partial charge in [0.25, 0.3) is 0 Å². The monoisotopic (exact) mass is 208 g/mol. The smallest absolute Gasteiger partial charge is 0.224 e. The minimum atomic E-state index is 0.647. The summed E-state index contributed by atoms with van der Waals surface area (Å²) in [4.78, 5) is 10.7. The van der Waals surface area contributed by atoms with Crippen LogP contribution in [0, 0.1) is 0 Å². The molecule has 0 saturated carbocycles. The van der Waals surface area contributed by atoms with E-state index in [1.165, 1.54) is 12.8 Å². The average Bonchev–Trinajstić information content (AvgIpc) is 2.27. The Bertz CT molecular complexity index is 270. The van der Waals surface area contributed by atoms with Gasteiger partial charge >= 0.3 is 0 Å². The van der Waals surface area contributed by atoms with E-state index in [0.29, 0.717) is 6.54 Å². The number of anilines is 1. The van der Waals surface area contributed by atoms with Crippen molar-refractivity contribution in [2.24, 2.45) is 5.73 Å². The molecule has 4 nitrogen and oxygen atoms in total. The summed E-state index contributed by atoms with van der Waals surface area (Å²) >= 11 is 0. The molecule has 0 aliphatic rings. The number of unbranched alkanes of at least 4 members (excludes halogenated alkanes) is 1. The van der Waals surface area contributed by atoms with Gasteiger partial charge < -0.3 is 10.6 Å². The summed E-state index contributed by atoms with van der Waals surface area (Å²) in [5.74, 6) is 0.796. The molecule has 4 heteroatoms. The van der Waals surface area contributed by atoms with Crippen molar-refractivity contribution in [2.75, 3.05) is 25.0 Å². The van der Waals surface area contributed by atoms with E-state index >= 15 is 0 Å². The highest BCUT2D eigenvalue weighted by Crippen LogP contribution is 2.06. The molecule has 15 heavy (non-hydrogen) atoms. The van der Waals surface area contributed by atoms with Crippen LogP contribution in [0.4, 0.5) is 5.95 Å². The Kier molecular flexibility index (Phi) is 5.04. The van der Waals surface area contributed by atoms with Crippen molar-refractivity contribution in [1.29, 1.82) is 0 Å². The summed E-state index contributed by atoms with van der Waals surface area (Å²) in [7, 11) is 2.02. The Morgan fingerprint density at radius 2 is 2.00 bits per heavy atom. The highest BCUT2D eigenvalue weighted by molar-refractivity contribution is 5.28. The summed E-state index contributed by atoms with van der Waals surface area (Å²) in [6.07, 6.45) is 6.92. The first-order chi connectivity index (χ1) is 7.27. The number of hydrogen-bond acceptors (Lipinski definition) is 4. The Balaban J connectivity index is 2.54. The van der Waals surface area contributed by atoms with Gasteiger partial charge in [0.1, 0.15) is 0 Å². The number of rotatable bonds is 6. The van der Waals surface area contributed by atoms with Gasteiger partial charge in [0, 0.05) is 26.0 Å². The lowest BCUT2D eigenvalue weighted by Gasteiger charge is -2.16. The van der Waals surface area contributed by atoms with E-state index in [-0.39, 0.29) is 0 Å². The number of aromatic nitrogens is 2. The Morgan fingerprint density at radius 3 is 2.53 bits per heavy atom. The zero-order valence-corrected chi connectivity index (χ0v) is 9.61. The third kappa shape index (κ3) is 3.83. The molecule has 2 N–H and O–H groups in total. The van der Waals surface area contributed by atoms with E-state index in [1.54, 1.807) is 0 Å². The summed E-state index contributed by atoms with van der Waals surface area (Å²) in [5, 5.41) is 0. The van der Waals surface area contributed by atoms with Gasteiger partial charge in [0.05, 0.1) is 0 Å². The molecule has 0 amide bonds. The summed E-state index contributed by atoms with van der Waals surface area (Å²) < 4.78 is 0. The first-order valence-corrected chi connectivity index (χ1v) is 5.50. The third-order valence-corrected chi connectivity index (χ3v) is 2.31. The van der Waals surface area contributed by atoms with Crippen LogP contribution in [0.3, 0.4) is 0 Å². The molecule has 1 aromatic heterocycles. The van der Waals surface area contributed by atoms with E-state index in [2.05, 4.69) is 21.8 Å². The topological polar surface area (TPSA) is 55.0 Å². The molecule has 0 saturated heterocycles. The van der Waals surface area contributed by atoms with Crippen molar-refractivity contribution in [3.05, 3.63) is 18.0 Å². The second kappa shape index (κ2) is 6.35. The number of nitrogens with zero attached hydrogens (tertiary/aromatic N) is 3. The van der Waals surface area contributed by atoms with Crippen LogP contribution in [-0.2, 0) is 6.42 Å². The van der Waals surface area contributed by atoms with Crippen LogP contribution in [0.5, 0.6) is 0 Å². The molecular formula is C11H20N4. The van der Waals surface area contributed by atoms with Gasteiger partial charge in [-0.05, 0) is 24.9 Å². The second-order valence-corrected chi connectivity index (χ2v) is 3.71. The summed E-state index contributed by atoms with van der Waals surface area (Å²) in [5.41, 5.74) is 6.56. The van der Waals surface area contributed by atoms with E-state index < -0.39 is 0 Å². The first kappa shape index (κ1) is 11.9. The molecule has 0 aromatic carbocycles. The van der Waals surface area contributed by atoms with Crippen molar-refractivity contribution < 1.29 is 0 Å². The van der Waals surface area contributed by atoms with Crippen LogP contribution in [0.25, 0.3) is 0 Å². The fourth-order valence-corrected chi connectivity index (χ4v) is 1.34. The van der Waals surface area contributed by atoms with E-state index in [0.717, 1.165) is 24.5 Å². The molecule has 1 heterocycles. The van der Waals surface area contributed by atoms with Crippen molar-refractivity contribution in [2.45, 2.75) is 26.2 Å². The van der Waals surface area contributed by atoms with E-state index in [4.69, 9.17) is 5.73 Å². The van der Waals surface area contributed by atoms with E-state index in [1.807, 2.05) is 19.4 Å². The Morgan fingerprint density at radius 1 is 1.33 bits per heavy atom. The predicted octanol–water partition coefficient (Wildman–Crippen LogP) is 1.21. The summed E-state index contributed by atoms with van der Waals surface area (Å²) in [6.45, 7) is 3.83. The molecule has 0 bridgehead atoms. The standard InChI is InChI=1S/C11H20N4/c1-3-4-7-15(2)11-13-8-10(5-6-12)9-14-11/h8-9H,3-7,12H2,1-2H3. The second-order valence-electron chi connectivity index (χ2n) is 3.71. The maximum atomic E-state index is 5.46. The number of hydrogen-bond donors (Lipinski definition) is 1. The molecule has 0 atom stereocenters. The van der Waals surface area contributed by atoms with Crippen LogP contribution in [-0.4, -0.2) is 30.1 Å². The molecule has 84 valence electrons. The minimum Gasteiger partial charge on any atom is -0.344 e. The molecule has 1 aromatic rings. The number of nitrogens with two attached hydrogens (primary N) is 1. The van der Waals surface area contributed by atoms with Gasteiger partial charge in [-0.3, -0.25) is 0 Å². The first-order valence-electron chi connectivity index (χ1n) is 5.50. The Hall–Kier alpha value is -1.16. The lowest BCUT2D eigenvalue weighted by Crippen LogP contribution is -2.20. The zero-order valence-electron chi connectivity index (χ0n) is 9.61. The van der Waals surface area contributed by atoms with Gasteiger partial charge in [-0.1, -0.05) is 13.3 Å². The SMILES string of the molecule is CCCCN(C)c1ncc(CCN)cn1. The molecular weight excluding hydrogens is 188 g/mol. The van der Waals surface area contributed by atoms with Gasteiger partial charge in [-0.25, -0.2) is 9.97 Å². The maximum absolute atomic E-state index is 5.46. The molecule has 1 rings (SSSR count). The lowest BCUT2D eigenvalue weighted by molar-refractivity contribution is 0.748. The third-order valence-electron chi connectivity index (χ3n) is 2.31. The molecule has 0 unspecified atom stereocenters. The largest absolute Gasteiger partial charge is 0.344 e. The van der Waals surface area contributed by atoms with Gasteiger partial charge in [-0.15, -0.1) is 0 Å². The highest BCUT2D eigenvalue weighted by atomic mass is 15.2. The van der Waals surface area contributed by atoms with Crippen molar-refractivity contribution in [3.63, 3.8) is 0 Å². The van der Waals surface area contributed by atoms with Crippen molar-refractivity contribution in [1.82, 2.24) is 9.97 Å². The van der Waals surface area contributed by atoms with Crippen LogP contribution in [0.15, 0.2) is 12.4 Å². The Labute approximate surface area is 91.5 Å². The van der Waals surface area contributed by atoms with Crippen LogP contribution < -0.4 is 10.6 Å². The molecule has 0 aliphatic carbocycles. The van der Waals surface area contributed by atoms with Gasteiger partial charge in [-0.2, -0.15) is 0 Å². The fraction of sp³-hybridized carbons (Fsp3) is 0.636. The predicted molar refractivity (Wildman–Crippen MR) is 63.0 cm³/mol. The van der Waals surface area contributed by atoms with Crippen LogP contribution in [0.1, 0.15) is 25.3 Å². The van der Waals surface area contributed by atoms with Crippen LogP contribution in [0.2, 0.25) is 0 Å². The fourth-order valence-electron chi connectivity index (χ4n) is 1.34. The summed E-state index contributed by atoms with van der Waals surface area (Å²) in [6, 6.07) is 0. The van der Waals surface area contributed by atoms with Gasteiger partial charge in [0.15, 0.2) is 0 Å².